The van der Waals surface area contributed by atoms with Crippen LogP contribution in [0.4, 0.5) is 5.82 Å². The molecule has 2 aromatic heterocycles. The zero-order valence-electron chi connectivity index (χ0n) is 10.2. The molecule has 0 fully saturated rings. The minimum Gasteiger partial charge on any atom is -0.365 e. The van der Waals surface area contributed by atoms with E-state index in [9.17, 15) is 4.79 Å². The van der Waals surface area contributed by atoms with Crippen LogP contribution in [0.5, 0.6) is 0 Å². The maximum Gasteiger partial charge on any atom is 0.252 e. The lowest BCUT2D eigenvalue weighted by atomic mass is 10.2. The summed E-state index contributed by atoms with van der Waals surface area (Å²) in [4.78, 5) is 17.1. The molecule has 0 bridgehead atoms. The molecule has 0 saturated heterocycles. The highest BCUT2D eigenvalue weighted by Crippen LogP contribution is 2.19. The molecule has 98 valence electrons. The highest BCUT2D eigenvalue weighted by atomic mass is 35.5. The van der Waals surface area contributed by atoms with Gasteiger partial charge in [-0.05, 0) is 23.8 Å². The first kappa shape index (κ1) is 13.2. The van der Waals surface area contributed by atoms with Gasteiger partial charge in [-0.3, -0.25) is 9.78 Å². The third-order valence-corrected chi connectivity index (χ3v) is 2.73. The van der Waals surface area contributed by atoms with Crippen molar-refractivity contribution in [3.8, 4) is 0 Å². The van der Waals surface area contributed by atoms with Gasteiger partial charge in [-0.25, -0.2) is 0 Å². The fourth-order valence-corrected chi connectivity index (χ4v) is 1.81. The molecule has 0 aliphatic carbocycles. The number of halogens is 1. The Bertz CT molecular complexity index is 590. The van der Waals surface area contributed by atoms with Crippen molar-refractivity contribution < 1.29 is 4.79 Å². The third kappa shape index (κ3) is 3.17. The summed E-state index contributed by atoms with van der Waals surface area (Å²) in [6.07, 6.45) is 3.40. The van der Waals surface area contributed by atoms with Gasteiger partial charge in [0.15, 0.2) is 11.0 Å². The molecule has 1 amide bonds. The van der Waals surface area contributed by atoms with Crippen molar-refractivity contribution in [3.05, 3.63) is 46.9 Å². The maximum absolute atomic E-state index is 11.4. The summed E-state index contributed by atoms with van der Waals surface area (Å²) in [6.45, 7) is 0.555. The smallest absolute Gasteiger partial charge is 0.252 e. The standard InChI is InChI=1S/C12H12ClN5O/c1-18(7-8-2-4-15-5-3-8)12-9(11(14)19)6-10(13)16-17-12/h2-6H,7H2,1H3,(H2,14,19). The van der Waals surface area contributed by atoms with Crippen LogP contribution in [0.2, 0.25) is 5.15 Å². The molecular formula is C12H12ClN5O. The summed E-state index contributed by atoms with van der Waals surface area (Å²) >= 11 is 5.72. The van der Waals surface area contributed by atoms with Crippen LogP contribution in [0.25, 0.3) is 0 Å². The van der Waals surface area contributed by atoms with Gasteiger partial charge < -0.3 is 10.6 Å². The highest BCUT2D eigenvalue weighted by molar-refractivity contribution is 6.29. The molecule has 0 aliphatic heterocycles. The van der Waals surface area contributed by atoms with Gasteiger partial charge in [-0.15, -0.1) is 10.2 Å². The number of amides is 1. The molecular weight excluding hydrogens is 266 g/mol. The number of hydrogen-bond donors (Lipinski definition) is 1. The van der Waals surface area contributed by atoms with Gasteiger partial charge in [0.1, 0.15) is 0 Å². The van der Waals surface area contributed by atoms with E-state index in [-0.39, 0.29) is 10.7 Å². The quantitative estimate of drug-likeness (QED) is 0.909. The molecule has 19 heavy (non-hydrogen) atoms. The summed E-state index contributed by atoms with van der Waals surface area (Å²) in [5.41, 5.74) is 6.59. The van der Waals surface area contributed by atoms with Crippen molar-refractivity contribution >= 4 is 23.3 Å². The van der Waals surface area contributed by atoms with E-state index in [1.807, 2.05) is 12.1 Å². The van der Waals surface area contributed by atoms with Crippen molar-refractivity contribution in [1.29, 1.82) is 0 Å². The second-order valence-corrected chi connectivity index (χ2v) is 4.37. The number of carbonyl (C=O) groups is 1. The number of hydrogen-bond acceptors (Lipinski definition) is 5. The Hall–Kier alpha value is -2.21. The summed E-state index contributed by atoms with van der Waals surface area (Å²) in [5, 5.41) is 7.80. The number of nitrogens with zero attached hydrogens (tertiary/aromatic N) is 4. The zero-order chi connectivity index (χ0) is 13.8. The Kier molecular flexibility index (Phi) is 3.91. The largest absolute Gasteiger partial charge is 0.365 e. The molecule has 0 unspecified atom stereocenters. The van der Waals surface area contributed by atoms with Gasteiger partial charge in [-0.1, -0.05) is 11.6 Å². The molecule has 0 aromatic carbocycles. The summed E-state index contributed by atoms with van der Waals surface area (Å²) in [5.74, 6) is -0.193. The molecule has 2 heterocycles. The Morgan fingerprint density at radius 3 is 2.68 bits per heavy atom. The summed E-state index contributed by atoms with van der Waals surface area (Å²) in [6, 6.07) is 5.17. The fourth-order valence-electron chi connectivity index (χ4n) is 1.66. The van der Waals surface area contributed by atoms with Crippen LogP contribution in [0.15, 0.2) is 30.6 Å². The van der Waals surface area contributed by atoms with Crippen molar-refractivity contribution in [3.63, 3.8) is 0 Å². The van der Waals surface area contributed by atoms with E-state index in [1.165, 1.54) is 6.07 Å². The van der Waals surface area contributed by atoms with Crippen LogP contribution in [-0.4, -0.2) is 28.1 Å². The maximum atomic E-state index is 11.4. The monoisotopic (exact) mass is 277 g/mol. The van der Waals surface area contributed by atoms with Crippen LogP contribution in [-0.2, 0) is 6.54 Å². The fraction of sp³-hybridized carbons (Fsp3) is 0.167. The molecule has 7 heteroatoms. The summed E-state index contributed by atoms with van der Waals surface area (Å²) < 4.78 is 0. The van der Waals surface area contributed by atoms with E-state index >= 15 is 0 Å². The number of rotatable bonds is 4. The Labute approximate surface area is 115 Å². The van der Waals surface area contributed by atoms with Gasteiger partial charge in [0, 0.05) is 26.0 Å². The minimum absolute atomic E-state index is 0.134. The van der Waals surface area contributed by atoms with Crippen LogP contribution < -0.4 is 10.6 Å². The van der Waals surface area contributed by atoms with E-state index in [2.05, 4.69) is 15.2 Å². The summed E-state index contributed by atoms with van der Waals surface area (Å²) in [7, 11) is 1.80. The molecule has 0 saturated carbocycles. The van der Waals surface area contributed by atoms with Gasteiger partial charge in [0.05, 0.1) is 5.56 Å². The second-order valence-electron chi connectivity index (χ2n) is 3.98. The molecule has 2 rings (SSSR count). The van der Waals surface area contributed by atoms with E-state index in [0.29, 0.717) is 12.4 Å². The molecule has 2 aromatic rings. The van der Waals surface area contributed by atoms with Crippen molar-refractivity contribution in [2.75, 3.05) is 11.9 Å². The minimum atomic E-state index is -0.589. The lowest BCUT2D eigenvalue weighted by Crippen LogP contribution is -2.23. The predicted molar refractivity (Wildman–Crippen MR) is 71.9 cm³/mol. The van der Waals surface area contributed by atoms with Gasteiger partial charge in [0.25, 0.3) is 5.91 Å². The Morgan fingerprint density at radius 2 is 2.05 bits per heavy atom. The van der Waals surface area contributed by atoms with E-state index in [4.69, 9.17) is 17.3 Å². The number of nitrogens with two attached hydrogens (primary N) is 1. The number of aromatic nitrogens is 3. The molecule has 0 aliphatic rings. The molecule has 0 atom stereocenters. The first-order valence-corrected chi connectivity index (χ1v) is 5.89. The first-order valence-electron chi connectivity index (χ1n) is 5.51. The van der Waals surface area contributed by atoms with Crippen LogP contribution in [0.3, 0.4) is 0 Å². The van der Waals surface area contributed by atoms with Crippen LogP contribution in [0, 0.1) is 0 Å². The van der Waals surface area contributed by atoms with Crippen LogP contribution in [0.1, 0.15) is 15.9 Å². The SMILES string of the molecule is CN(Cc1ccncc1)c1nnc(Cl)cc1C(N)=O. The van der Waals surface area contributed by atoms with Crippen LogP contribution >= 0.6 is 11.6 Å². The lowest BCUT2D eigenvalue weighted by Gasteiger charge is -2.19. The number of pyridine rings is 1. The second kappa shape index (κ2) is 5.62. The van der Waals surface area contributed by atoms with E-state index in [1.54, 1.807) is 24.3 Å². The number of primary amides is 1. The third-order valence-electron chi connectivity index (χ3n) is 2.54. The molecule has 6 nitrogen and oxygen atoms in total. The van der Waals surface area contributed by atoms with Gasteiger partial charge >= 0.3 is 0 Å². The number of anilines is 1. The average Bonchev–Trinajstić information content (AvgIpc) is 2.39. The van der Waals surface area contributed by atoms with Crippen molar-refractivity contribution in [1.82, 2.24) is 15.2 Å². The Morgan fingerprint density at radius 1 is 1.37 bits per heavy atom. The highest BCUT2D eigenvalue weighted by Gasteiger charge is 2.15. The Balaban J connectivity index is 2.28. The first-order chi connectivity index (χ1) is 9.08. The molecule has 0 radical (unpaired) electrons. The van der Waals surface area contributed by atoms with E-state index in [0.717, 1.165) is 5.56 Å². The number of carbonyl (C=O) groups excluding carboxylic acids is 1. The van der Waals surface area contributed by atoms with E-state index < -0.39 is 5.91 Å². The van der Waals surface area contributed by atoms with Crippen molar-refractivity contribution in [2.24, 2.45) is 5.73 Å². The van der Waals surface area contributed by atoms with Gasteiger partial charge in [-0.2, -0.15) is 0 Å². The topological polar surface area (TPSA) is 85.0 Å². The van der Waals surface area contributed by atoms with Gasteiger partial charge in [0.2, 0.25) is 0 Å². The average molecular weight is 278 g/mol. The lowest BCUT2D eigenvalue weighted by molar-refractivity contribution is 0.1000. The van der Waals surface area contributed by atoms with Crippen molar-refractivity contribution in [2.45, 2.75) is 6.54 Å². The molecule has 0 spiro atoms. The predicted octanol–water partition coefficient (Wildman–Crippen LogP) is 1.26. The molecule has 2 N–H and O–H groups in total. The zero-order valence-corrected chi connectivity index (χ0v) is 11.0. The normalized spacial score (nSPS) is 10.2.